The summed E-state index contributed by atoms with van der Waals surface area (Å²) < 4.78 is 0. The molecular formula is C11H13N3O. The van der Waals surface area contributed by atoms with Crippen LogP contribution in [0.25, 0.3) is 0 Å². The van der Waals surface area contributed by atoms with Gasteiger partial charge in [0, 0.05) is 19.4 Å². The van der Waals surface area contributed by atoms with Gasteiger partial charge in [-0.15, -0.1) is 0 Å². The highest BCUT2D eigenvalue weighted by molar-refractivity contribution is 5.90. The number of carbonyl (C=O) groups is 1. The molecule has 0 aliphatic heterocycles. The second-order valence-corrected chi connectivity index (χ2v) is 2.67. The average molecular weight is 203 g/mol. The zero-order chi connectivity index (χ0) is 10.9. The molecule has 0 unspecified atom stereocenters. The second kappa shape index (κ2) is 6.37. The Kier molecular flexibility index (Phi) is 4.66. The molecule has 0 saturated heterocycles. The highest BCUT2D eigenvalue weighted by atomic mass is 16.2. The number of H-pyrrole nitrogens is 1. The van der Waals surface area contributed by atoms with Crippen molar-refractivity contribution in [1.82, 2.24) is 15.3 Å². The Balaban J connectivity index is 0.000000162. The quantitative estimate of drug-likeness (QED) is 0.737. The first-order valence-electron chi connectivity index (χ1n) is 4.56. The Bertz CT molecular complexity index is 343. The summed E-state index contributed by atoms with van der Waals surface area (Å²) in [5.74, 6) is 0.150. The second-order valence-electron chi connectivity index (χ2n) is 2.67. The molecule has 2 N–H and O–H groups in total. The SMILES string of the molecule is CNC(=O)c1ncc[nH]1.c1ccccc1. The molecule has 4 heteroatoms. The van der Waals surface area contributed by atoms with Gasteiger partial charge in [0.15, 0.2) is 5.82 Å². The van der Waals surface area contributed by atoms with Gasteiger partial charge >= 0.3 is 0 Å². The summed E-state index contributed by atoms with van der Waals surface area (Å²) in [6.45, 7) is 0. The first-order valence-corrected chi connectivity index (χ1v) is 4.56. The molecule has 15 heavy (non-hydrogen) atoms. The van der Waals surface area contributed by atoms with Crippen LogP contribution in [0.1, 0.15) is 10.6 Å². The minimum Gasteiger partial charge on any atom is -0.352 e. The molecule has 1 amide bonds. The maximum absolute atomic E-state index is 10.7. The fourth-order valence-corrected chi connectivity index (χ4v) is 0.893. The highest BCUT2D eigenvalue weighted by Gasteiger charge is 2.01. The van der Waals surface area contributed by atoms with Gasteiger partial charge in [-0.3, -0.25) is 4.79 Å². The Labute approximate surface area is 88.4 Å². The van der Waals surface area contributed by atoms with Crippen molar-refractivity contribution in [3.8, 4) is 0 Å². The van der Waals surface area contributed by atoms with Crippen molar-refractivity contribution < 1.29 is 4.79 Å². The number of amides is 1. The van der Waals surface area contributed by atoms with E-state index in [1.807, 2.05) is 36.4 Å². The molecule has 2 rings (SSSR count). The Morgan fingerprint density at radius 3 is 2.07 bits per heavy atom. The highest BCUT2D eigenvalue weighted by Crippen LogP contribution is 1.84. The third-order valence-corrected chi connectivity index (χ3v) is 1.61. The van der Waals surface area contributed by atoms with Crippen LogP contribution >= 0.6 is 0 Å². The number of hydrogen-bond acceptors (Lipinski definition) is 2. The molecule has 4 nitrogen and oxygen atoms in total. The summed E-state index contributed by atoms with van der Waals surface area (Å²) in [6.07, 6.45) is 3.13. The number of rotatable bonds is 1. The number of aromatic amines is 1. The smallest absolute Gasteiger partial charge is 0.286 e. The van der Waals surface area contributed by atoms with Crippen LogP contribution in [0.15, 0.2) is 48.8 Å². The van der Waals surface area contributed by atoms with E-state index in [0.29, 0.717) is 5.82 Å². The lowest BCUT2D eigenvalue weighted by atomic mass is 10.4. The van der Waals surface area contributed by atoms with E-state index in [1.54, 1.807) is 13.2 Å². The third kappa shape index (κ3) is 4.08. The molecule has 0 spiro atoms. The first-order chi connectivity index (χ1) is 7.34. The van der Waals surface area contributed by atoms with E-state index in [4.69, 9.17) is 0 Å². The van der Waals surface area contributed by atoms with E-state index in [0.717, 1.165) is 0 Å². The van der Waals surface area contributed by atoms with Gasteiger partial charge in [-0.25, -0.2) is 4.98 Å². The number of nitrogens with one attached hydrogen (secondary N) is 2. The fourth-order valence-electron chi connectivity index (χ4n) is 0.893. The maximum atomic E-state index is 10.7. The number of benzene rings is 1. The molecular weight excluding hydrogens is 190 g/mol. The van der Waals surface area contributed by atoms with Crippen LogP contribution in [0.2, 0.25) is 0 Å². The van der Waals surface area contributed by atoms with E-state index >= 15 is 0 Å². The van der Waals surface area contributed by atoms with E-state index in [1.165, 1.54) is 6.20 Å². The van der Waals surface area contributed by atoms with Gasteiger partial charge in [-0.2, -0.15) is 0 Å². The van der Waals surface area contributed by atoms with E-state index in [9.17, 15) is 4.79 Å². The maximum Gasteiger partial charge on any atom is 0.286 e. The molecule has 1 aromatic carbocycles. The van der Waals surface area contributed by atoms with Crippen molar-refractivity contribution in [3.63, 3.8) is 0 Å². The molecule has 0 bridgehead atoms. The zero-order valence-corrected chi connectivity index (χ0v) is 8.47. The molecule has 0 aliphatic carbocycles. The van der Waals surface area contributed by atoms with Crippen LogP contribution in [0, 0.1) is 0 Å². The minimum atomic E-state index is -0.194. The first kappa shape index (κ1) is 11.0. The van der Waals surface area contributed by atoms with Gasteiger partial charge in [0.2, 0.25) is 0 Å². The lowest BCUT2D eigenvalue weighted by Gasteiger charge is -1.90. The van der Waals surface area contributed by atoms with Crippen molar-refractivity contribution in [2.75, 3.05) is 7.05 Å². The van der Waals surface area contributed by atoms with Crippen molar-refractivity contribution >= 4 is 5.91 Å². The number of imidazole rings is 1. The van der Waals surface area contributed by atoms with E-state index in [2.05, 4.69) is 15.3 Å². The van der Waals surface area contributed by atoms with Gasteiger partial charge < -0.3 is 10.3 Å². The van der Waals surface area contributed by atoms with Gasteiger partial charge in [-0.05, 0) is 0 Å². The number of nitrogens with zero attached hydrogens (tertiary/aromatic N) is 1. The Morgan fingerprint density at radius 2 is 1.73 bits per heavy atom. The van der Waals surface area contributed by atoms with Crippen molar-refractivity contribution in [2.24, 2.45) is 0 Å². The van der Waals surface area contributed by atoms with Crippen molar-refractivity contribution in [3.05, 3.63) is 54.6 Å². The summed E-state index contributed by atoms with van der Waals surface area (Å²) in [4.78, 5) is 17.1. The largest absolute Gasteiger partial charge is 0.352 e. The predicted molar refractivity (Wildman–Crippen MR) is 58.4 cm³/mol. The normalized spacial score (nSPS) is 8.60. The average Bonchev–Trinajstić information content (AvgIpc) is 2.85. The van der Waals surface area contributed by atoms with Crippen LogP contribution in [0.5, 0.6) is 0 Å². The van der Waals surface area contributed by atoms with Gasteiger partial charge in [0.25, 0.3) is 5.91 Å². The number of hydrogen-bond donors (Lipinski definition) is 2. The van der Waals surface area contributed by atoms with Crippen molar-refractivity contribution in [2.45, 2.75) is 0 Å². The fraction of sp³-hybridized carbons (Fsp3) is 0.0909. The summed E-state index contributed by atoms with van der Waals surface area (Å²) in [5, 5.41) is 2.43. The molecule has 0 aliphatic rings. The molecule has 0 radical (unpaired) electrons. The predicted octanol–water partition coefficient (Wildman–Crippen LogP) is 1.46. The lowest BCUT2D eigenvalue weighted by molar-refractivity contribution is 0.0954. The van der Waals surface area contributed by atoms with Crippen LogP contribution < -0.4 is 5.32 Å². The van der Waals surface area contributed by atoms with Gasteiger partial charge in [0.1, 0.15) is 0 Å². The number of carbonyl (C=O) groups excluding carboxylic acids is 1. The van der Waals surface area contributed by atoms with Crippen molar-refractivity contribution in [1.29, 1.82) is 0 Å². The molecule has 1 aromatic heterocycles. The minimum absolute atomic E-state index is 0.194. The monoisotopic (exact) mass is 203 g/mol. The topological polar surface area (TPSA) is 57.8 Å². The Morgan fingerprint density at radius 1 is 1.20 bits per heavy atom. The Hall–Kier alpha value is -2.10. The standard InChI is InChI=1S/C6H6.C5H7N3O/c1-2-4-6-5-3-1;1-6-5(9)4-7-2-3-8-4/h1-6H;2-3H,1H3,(H,6,9)(H,7,8). The summed E-state index contributed by atoms with van der Waals surface area (Å²) in [7, 11) is 1.56. The van der Waals surface area contributed by atoms with Gasteiger partial charge in [-0.1, -0.05) is 36.4 Å². The third-order valence-electron chi connectivity index (χ3n) is 1.61. The lowest BCUT2D eigenvalue weighted by Crippen LogP contribution is -2.18. The van der Waals surface area contributed by atoms with Crippen LogP contribution in [0.4, 0.5) is 0 Å². The molecule has 0 saturated carbocycles. The summed E-state index contributed by atoms with van der Waals surface area (Å²) >= 11 is 0. The molecule has 78 valence electrons. The van der Waals surface area contributed by atoms with Crippen LogP contribution in [-0.2, 0) is 0 Å². The van der Waals surface area contributed by atoms with E-state index in [-0.39, 0.29) is 5.91 Å². The van der Waals surface area contributed by atoms with Crippen LogP contribution in [0.3, 0.4) is 0 Å². The summed E-state index contributed by atoms with van der Waals surface area (Å²) in [6, 6.07) is 12.0. The van der Waals surface area contributed by atoms with Gasteiger partial charge in [0.05, 0.1) is 0 Å². The van der Waals surface area contributed by atoms with Crippen LogP contribution in [-0.4, -0.2) is 22.9 Å². The molecule has 1 heterocycles. The van der Waals surface area contributed by atoms with E-state index < -0.39 is 0 Å². The molecule has 2 aromatic rings. The summed E-state index contributed by atoms with van der Waals surface area (Å²) in [5.41, 5.74) is 0. The molecule has 0 atom stereocenters. The zero-order valence-electron chi connectivity index (χ0n) is 8.47. The molecule has 0 fully saturated rings. The number of aromatic nitrogens is 2.